The van der Waals surface area contributed by atoms with Crippen molar-refractivity contribution in [3.8, 4) is 0 Å². The van der Waals surface area contributed by atoms with Gasteiger partial charge in [0, 0.05) is 12.3 Å². The van der Waals surface area contributed by atoms with E-state index in [2.05, 4.69) is 49.5 Å². The van der Waals surface area contributed by atoms with E-state index in [1.165, 1.54) is 24.8 Å². The van der Waals surface area contributed by atoms with Gasteiger partial charge in [-0.3, -0.25) is 4.79 Å². The van der Waals surface area contributed by atoms with E-state index in [4.69, 9.17) is 5.11 Å². The summed E-state index contributed by atoms with van der Waals surface area (Å²) in [6, 6.07) is 0. The van der Waals surface area contributed by atoms with Gasteiger partial charge < -0.3 is 5.11 Å². The Balaban J connectivity index is 2.48. The number of carbonyl (C=O) groups is 1. The van der Waals surface area contributed by atoms with Gasteiger partial charge in [-0.05, 0) is 44.1 Å². The molecular weight excluding hydrogens is 272 g/mol. The molecule has 2 nitrogen and oxygen atoms in total. The van der Waals surface area contributed by atoms with Crippen LogP contribution in [0, 0.1) is 5.92 Å². The fourth-order valence-electron chi connectivity index (χ4n) is 2.54. The number of allylic oxidation sites excluding steroid dienone is 8. The van der Waals surface area contributed by atoms with Crippen LogP contribution in [0.15, 0.2) is 48.1 Å². The standard InChI is InChI=1S/C20H30O2/c1-2-3-4-5-8-13-18-14-9-6-10-15-19(18)16-11-7-12-17-20(21)22/h8-9,11,13-16,18H,2-7,10,12,17H2,1H3,(H,21,22)/b13-8+,16-11+. The Morgan fingerprint density at radius 3 is 2.82 bits per heavy atom. The smallest absolute Gasteiger partial charge is 0.303 e. The lowest BCUT2D eigenvalue weighted by Crippen LogP contribution is -1.95. The maximum Gasteiger partial charge on any atom is 0.303 e. The van der Waals surface area contributed by atoms with Crippen LogP contribution in [0.4, 0.5) is 0 Å². The van der Waals surface area contributed by atoms with E-state index in [0.717, 1.165) is 25.7 Å². The number of hydrogen-bond donors (Lipinski definition) is 1. The van der Waals surface area contributed by atoms with Gasteiger partial charge in [0.25, 0.3) is 0 Å². The summed E-state index contributed by atoms with van der Waals surface area (Å²) in [6.45, 7) is 2.23. The fraction of sp³-hybridized carbons (Fsp3) is 0.550. The van der Waals surface area contributed by atoms with Crippen LogP contribution in [0.1, 0.15) is 64.7 Å². The topological polar surface area (TPSA) is 37.3 Å². The highest BCUT2D eigenvalue weighted by Gasteiger charge is 2.07. The Morgan fingerprint density at radius 1 is 1.23 bits per heavy atom. The van der Waals surface area contributed by atoms with Crippen molar-refractivity contribution >= 4 is 5.97 Å². The summed E-state index contributed by atoms with van der Waals surface area (Å²) in [7, 11) is 0. The summed E-state index contributed by atoms with van der Waals surface area (Å²) in [4.78, 5) is 10.5. The van der Waals surface area contributed by atoms with Crippen LogP contribution in [-0.4, -0.2) is 11.1 Å². The zero-order valence-electron chi connectivity index (χ0n) is 13.8. The maximum atomic E-state index is 10.5. The quantitative estimate of drug-likeness (QED) is 0.407. The minimum Gasteiger partial charge on any atom is -0.481 e. The van der Waals surface area contributed by atoms with Crippen LogP contribution in [0.2, 0.25) is 0 Å². The number of unbranched alkanes of at least 4 members (excludes halogenated alkanes) is 4. The molecule has 0 spiro atoms. The van der Waals surface area contributed by atoms with Crippen molar-refractivity contribution in [1.29, 1.82) is 0 Å². The van der Waals surface area contributed by atoms with Crippen LogP contribution in [0.3, 0.4) is 0 Å². The van der Waals surface area contributed by atoms with Gasteiger partial charge in [-0.1, -0.05) is 62.3 Å². The first-order valence-corrected chi connectivity index (χ1v) is 8.65. The van der Waals surface area contributed by atoms with E-state index in [1.54, 1.807) is 0 Å². The second-order valence-corrected chi connectivity index (χ2v) is 5.85. The highest BCUT2D eigenvalue weighted by atomic mass is 16.4. The number of hydrogen-bond acceptors (Lipinski definition) is 1. The molecule has 0 radical (unpaired) electrons. The molecule has 122 valence electrons. The van der Waals surface area contributed by atoms with Gasteiger partial charge in [0.1, 0.15) is 0 Å². The highest BCUT2D eigenvalue weighted by Crippen LogP contribution is 2.22. The Bertz CT molecular complexity index is 427. The van der Waals surface area contributed by atoms with Crippen LogP contribution in [0.5, 0.6) is 0 Å². The van der Waals surface area contributed by atoms with E-state index in [-0.39, 0.29) is 6.42 Å². The summed E-state index contributed by atoms with van der Waals surface area (Å²) in [5, 5.41) is 8.65. The van der Waals surface area contributed by atoms with Crippen molar-refractivity contribution in [2.45, 2.75) is 64.7 Å². The molecule has 0 aliphatic heterocycles. The van der Waals surface area contributed by atoms with Gasteiger partial charge in [0.2, 0.25) is 0 Å². The van der Waals surface area contributed by atoms with Gasteiger partial charge in [-0.25, -0.2) is 0 Å². The molecule has 0 bridgehead atoms. The van der Waals surface area contributed by atoms with E-state index in [0.29, 0.717) is 12.3 Å². The summed E-state index contributed by atoms with van der Waals surface area (Å²) >= 11 is 0. The second-order valence-electron chi connectivity index (χ2n) is 5.85. The third-order valence-electron chi connectivity index (χ3n) is 3.83. The van der Waals surface area contributed by atoms with Gasteiger partial charge in [0.15, 0.2) is 0 Å². The van der Waals surface area contributed by atoms with Crippen molar-refractivity contribution in [2.75, 3.05) is 0 Å². The molecule has 0 aromatic rings. The molecule has 1 atom stereocenters. The number of carboxylic acid groups (broad SMARTS) is 1. The monoisotopic (exact) mass is 302 g/mol. The van der Waals surface area contributed by atoms with Crippen molar-refractivity contribution < 1.29 is 9.90 Å². The van der Waals surface area contributed by atoms with Gasteiger partial charge in [-0.15, -0.1) is 0 Å². The molecule has 0 saturated carbocycles. The molecular formula is C20H30O2. The van der Waals surface area contributed by atoms with Gasteiger partial charge in [0.05, 0.1) is 0 Å². The molecule has 0 saturated heterocycles. The van der Waals surface area contributed by atoms with Crippen LogP contribution >= 0.6 is 0 Å². The molecule has 22 heavy (non-hydrogen) atoms. The Morgan fingerprint density at radius 2 is 2.05 bits per heavy atom. The molecule has 1 aliphatic carbocycles. The third kappa shape index (κ3) is 8.66. The molecule has 1 aliphatic rings. The molecule has 0 fully saturated rings. The molecule has 1 rings (SSSR count). The summed E-state index contributed by atoms with van der Waals surface area (Å²) in [6.07, 6.45) is 24.8. The largest absolute Gasteiger partial charge is 0.481 e. The zero-order valence-corrected chi connectivity index (χ0v) is 13.8. The predicted molar refractivity (Wildman–Crippen MR) is 93.9 cm³/mol. The second kappa shape index (κ2) is 12.0. The molecule has 0 aromatic heterocycles. The highest BCUT2D eigenvalue weighted by molar-refractivity contribution is 5.66. The zero-order chi connectivity index (χ0) is 16.0. The fourth-order valence-corrected chi connectivity index (χ4v) is 2.54. The SMILES string of the molecule is CCCCC/C=C/C1C=CCCC=C1/C=C/CCCC(=O)O. The van der Waals surface area contributed by atoms with Crippen LogP contribution in [-0.2, 0) is 4.79 Å². The van der Waals surface area contributed by atoms with Crippen molar-refractivity contribution in [1.82, 2.24) is 0 Å². The minimum absolute atomic E-state index is 0.254. The minimum atomic E-state index is -0.710. The van der Waals surface area contributed by atoms with E-state index in [9.17, 15) is 4.79 Å². The average Bonchev–Trinajstić information content (AvgIpc) is 2.72. The first kappa shape index (κ1) is 18.5. The number of carboxylic acids is 1. The summed E-state index contributed by atoms with van der Waals surface area (Å²) in [5.74, 6) is -0.335. The first-order valence-electron chi connectivity index (χ1n) is 8.65. The molecule has 0 aromatic carbocycles. The van der Waals surface area contributed by atoms with E-state index < -0.39 is 5.97 Å². The van der Waals surface area contributed by atoms with E-state index in [1.807, 2.05) is 0 Å². The first-order chi connectivity index (χ1) is 10.7. The summed E-state index contributed by atoms with van der Waals surface area (Å²) in [5.41, 5.74) is 1.34. The lowest BCUT2D eigenvalue weighted by atomic mass is 9.96. The molecule has 1 unspecified atom stereocenters. The van der Waals surface area contributed by atoms with Gasteiger partial charge >= 0.3 is 5.97 Å². The maximum absolute atomic E-state index is 10.5. The molecule has 1 N–H and O–H groups in total. The normalized spacial score (nSPS) is 18.8. The third-order valence-corrected chi connectivity index (χ3v) is 3.83. The Hall–Kier alpha value is -1.57. The molecule has 2 heteroatoms. The Labute approximate surface area is 135 Å². The lowest BCUT2D eigenvalue weighted by molar-refractivity contribution is -0.137. The number of aliphatic carboxylic acids is 1. The van der Waals surface area contributed by atoms with Gasteiger partial charge in [-0.2, -0.15) is 0 Å². The van der Waals surface area contributed by atoms with Crippen molar-refractivity contribution in [3.63, 3.8) is 0 Å². The Kier molecular flexibility index (Phi) is 10.1. The van der Waals surface area contributed by atoms with Crippen molar-refractivity contribution in [2.24, 2.45) is 5.92 Å². The van der Waals surface area contributed by atoms with Crippen LogP contribution < -0.4 is 0 Å². The predicted octanol–water partition coefficient (Wildman–Crippen LogP) is 5.83. The molecule has 0 amide bonds. The van der Waals surface area contributed by atoms with Crippen molar-refractivity contribution in [3.05, 3.63) is 48.1 Å². The lowest BCUT2D eigenvalue weighted by Gasteiger charge is -2.08. The number of rotatable bonds is 10. The van der Waals surface area contributed by atoms with Crippen LogP contribution in [0.25, 0.3) is 0 Å². The molecule has 0 heterocycles. The average molecular weight is 302 g/mol. The summed E-state index contributed by atoms with van der Waals surface area (Å²) < 4.78 is 0. The van der Waals surface area contributed by atoms with E-state index >= 15 is 0 Å².